The molecule has 0 radical (unpaired) electrons. The average Bonchev–Trinajstić information content (AvgIpc) is 2.42. The molecule has 0 fully saturated rings. The third-order valence-corrected chi connectivity index (χ3v) is 3.50. The van der Waals surface area contributed by atoms with Gasteiger partial charge in [-0.05, 0) is 24.1 Å². The number of nitrogens with one attached hydrogen (secondary N) is 1. The molecular formula is C14H18N2O2S. The molecular weight excluding hydrogens is 260 g/mol. The number of carbonyl (C=O) groups excluding carboxylic acids is 1. The Hall–Kier alpha value is -1.51. The number of nitrogens with zero attached hydrogens (tertiary/aromatic N) is 1. The molecule has 0 aromatic heterocycles. The fraction of sp³-hybridized carbons (Fsp3) is 0.429. The maximum absolute atomic E-state index is 11.9. The second-order valence-electron chi connectivity index (χ2n) is 4.50. The molecule has 1 aromatic carbocycles. The highest BCUT2D eigenvalue weighted by Gasteiger charge is 2.12. The number of hydrogen-bond acceptors (Lipinski definition) is 4. The van der Waals surface area contributed by atoms with Crippen molar-refractivity contribution >= 4 is 17.7 Å². The zero-order valence-electron chi connectivity index (χ0n) is 11.1. The van der Waals surface area contributed by atoms with E-state index in [1.165, 1.54) is 11.8 Å². The lowest BCUT2D eigenvalue weighted by molar-refractivity contribution is 0.0871. The summed E-state index contributed by atoms with van der Waals surface area (Å²) in [5.41, 5.74) is 0.541. The van der Waals surface area contributed by atoms with Crippen molar-refractivity contribution in [3.8, 4) is 6.07 Å². The quantitative estimate of drug-likeness (QED) is 0.781. The van der Waals surface area contributed by atoms with E-state index in [9.17, 15) is 9.90 Å². The van der Waals surface area contributed by atoms with Crippen LogP contribution in [0.4, 0.5) is 0 Å². The number of nitriles is 1. The first-order chi connectivity index (χ1) is 9.04. The molecule has 0 aliphatic carbocycles. The van der Waals surface area contributed by atoms with Crippen LogP contribution in [0.2, 0.25) is 0 Å². The highest BCUT2D eigenvalue weighted by atomic mass is 32.2. The first kappa shape index (κ1) is 15.5. The van der Waals surface area contributed by atoms with Gasteiger partial charge in [-0.3, -0.25) is 4.79 Å². The second kappa shape index (κ2) is 7.82. The Labute approximate surface area is 117 Å². The summed E-state index contributed by atoms with van der Waals surface area (Å²) >= 11 is 1.39. The number of amides is 1. The average molecular weight is 278 g/mol. The van der Waals surface area contributed by atoms with Crippen LogP contribution in [0.15, 0.2) is 29.2 Å². The minimum Gasteiger partial charge on any atom is -0.391 e. The highest BCUT2D eigenvalue weighted by molar-refractivity contribution is 7.99. The van der Waals surface area contributed by atoms with E-state index < -0.39 is 6.10 Å². The van der Waals surface area contributed by atoms with Gasteiger partial charge in [0.15, 0.2) is 0 Å². The van der Waals surface area contributed by atoms with E-state index in [4.69, 9.17) is 5.26 Å². The third kappa shape index (κ3) is 5.33. The van der Waals surface area contributed by atoms with Gasteiger partial charge < -0.3 is 10.4 Å². The summed E-state index contributed by atoms with van der Waals surface area (Å²) in [6.45, 7) is 4.04. The van der Waals surface area contributed by atoms with Crippen LogP contribution in [0.5, 0.6) is 0 Å². The highest BCUT2D eigenvalue weighted by Crippen LogP contribution is 2.18. The zero-order valence-corrected chi connectivity index (χ0v) is 11.9. The summed E-state index contributed by atoms with van der Waals surface area (Å²) in [5.74, 6) is 0.258. The first-order valence-corrected chi connectivity index (χ1v) is 7.09. The number of aliphatic hydroxyl groups excluding tert-OH is 1. The van der Waals surface area contributed by atoms with Gasteiger partial charge in [0.2, 0.25) is 0 Å². The Balaban J connectivity index is 2.59. The Morgan fingerprint density at radius 2 is 2.26 bits per heavy atom. The molecule has 5 heteroatoms. The SMILES string of the molecule is CC(C)C(O)CNC(=O)c1cccc(SCC#N)c1. The van der Waals surface area contributed by atoms with Gasteiger partial charge in [0.05, 0.1) is 17.9 Å². The van der Waals surface area contributed by atoms with Crippen molar-refractivity contribution in [1.29, 1.82) is 5.26 Å². The normalized spacial score (nSPS) is 11.9. The predicted molar refractivity (Wildman–Crippen MR) is 76.0 cm³/mol. The summed E-state index contributed by atoms with van der Waals surface area (Å²) < 4.78 is 0. The van der Waals surface area contributed by atoms with Crippen LogP contribution in [0.1, 0.15) is 24.2 Å². The maximum Gasteiger partial charge on any atom is 0.251 e. The van der Waals surface area contributed by atoms with Crippen LogP contribution >= 0.6 is 11.8 Å². The molecule has 102 valence electrons. The number of hydrogen-bond donors (Lipinski definition) is 2. The summed E-state index contributed by atoms with van der Waals surface area (Å²) in [7, 11) is 0. The van der Waals surface area contributed by atoms with Gasteiger partial charge in [-0.15, -0.1) is 11.8 Å². The molecule has 1 aromatic rings. The van der Waals surface area contributed by atoms with Crippen molar-refractivity contribution < 1.29 is 9.90 Å². The van der Waals surface area contributed by atoms with Gasteiger partial charge in [0, 0.05) is 17.0 Å². The molecule has 1 amide bonds. The molecule has 19 heavy (non-hydrogen) atoms. The largest absolute Gasteiger partial charge is 0.391 e. The van der Waals surface area contributed by atoms with E-state index in [-0.39, 0.29) is 18.4 Å². The van der Waals surface area contributed by atoms with Gasteiger partial charge in [-0.1, -0.05) is 19.9 Å². The van der Waals surface area contributed by atoms with E-state index in [0.717, 1.165) is 4.90 Å². The Bertz CT molecular complexity index is 469. The molecule has 2 N–H and O–H groups in total. The van der Waals surface area contributed by atoms with Crippen LogP contribution in [-0.2, 0) is 0 Å². The minimum absolute atomic E-state index is 0.109. The molecule has 1 rings (SSSR count). The predicted octanol–water partition coefficient (Wildman–Crippen LogP) is 2.05. The standard InChI is InChI=1S/C14H18N2O2S/c1-10(2)13(17)9-16-14(18)11-4-3-5-12(8-11)19-7-6-15/h3-5,8,10,13,17H,7,9H2,1-2H3,(H,16,18). The third-order valence-electron chi connectivity index (χ3n) is 2.64. The van der Waals surface area contributed by atoms with Crippen molar-refractivity contribution in [2.45, 2.75) is 24.8 Å². The lowest BCUT2D eigenvalue weighted by Crippen LogP contribution is -2.34. The van der Waals surface area contributed by atoms with Crippen molar-refractivity contribution in [3.05, 3.63) is 29.8 Å². The number of rotatable bonds is 6. The van der Waals surface area contributed by atoms with Crippen molar-refractivity contribution in [1.82, 2.24) is 5.32 Å². The summed E-state index contributed by atoms with van der Waals surface area (Å²) in [6.07, 6.45) is -0.542. The second-order valence-corrected chi connectivity index (χ2v) is 5.54. The number of benzene rings is 1. The number of aliphatic hydroxyl groups is 1. The van der Waals surface area contributed by atoms with Gasteiger partial charge in [-0.25, -0.2) is 0 Å². The van der Waals surface area contributed by atoms with Gasteiger partial charge in [-0.2, -0.15) is 5.26 Å². The van der Waals surface area contributed by atoms with Gasteiger partial charge in [0.1, 0.15) is 0 Å². The van der Waals surface area contributed by atoms with Crippen molar-refractivity contribution in [2.75, 3.05) is 12.3 Å². The van der Waals surface area contributed by atoms with Crippen molar-refractivity contribution in [3.63, 3.8) is 0 Å². The Morgan fingerprint density at radius 3 is 2.89 bits per heavy atom. The summed E-state index contributed by atoms with van der Waals surface area (Å²) in [5, 5.41) is 20.9. The van der Waals surface area contributed by atoms with Gasteiger partial charge >= 0.3 is 0 Å². The monoisotopic (exact) mass is 278 g/mol. The lowest BCUT2D eigenvalue weighted by Gasteiger charge is -2.15. The fourth-order valence-electron chi connectivity index (χ4n) is 1.38. The van der Waals surface area contributed by atoms with Crippen LogP contribution < -0.4 is 5.32 Å². The van der Waals surface area contributed by atoms with Crippen LogP contribution in [0, 0.1) is 17.2 Å². The molecule has 1 atom stereocenters. The molecule has 0 aliphatic rings. The molecule has 0 saturated carbocycles. The van der Waals surface area contributed by atoms with E-state index in [1.807, 2.05) is 26.0 Å². The summed E-state index contributed by atoms with van der Waals surface area (Å²) in [6, 6.07) is 9.16. The van der Waals surface area contributed by atoms with Crippen LogP contribution in [0.3, 0.4) is 0 Å². The van der Waals surface area contributed by atoms with Gasteiger partial charge in [0.25, 0.3) is 5.91 Å². The van der Waals surface area contributed by atoms with E-state index in [1.54, 1.807) is 18.2 Å². The minimum atomic E-state index is -0.542. The molecule has 1 unspecified atom stereocenters. The van der Waals surface area contributed by atoms with Crippen LogP contribution in [0.25, 0.3) is 0 Å². The Kier molecular flexibility index (Phi) is 6.40. The van der Waals surface area contributed by atoms with E-state index in [0.29, 0.717) is 11.3 Å². The number of thioether (sulfide) groups is 1. The summed E-state index contributed by atoms with van der Waals surface area (Å²) in [4.78, 5) is 12.8. The topological polar surface area (TPSA) is 73.1 Å². The first-order valence-electron chi connectivity index (χ1n) is 6.10. The molecule has 4 nitrogen and oxygen atoms in total. The lowest BCUT2D eigenvalue weighted by atomic mass is 10.1. The van der Waals surface area contributed by atoms with Crippen LogP contribution in [-0.4, -0.2) is 29.4 Å². The smallest absolute Gasteiger partial charge is 0.251 e. The number of carbonyl (C=O) groups is 1. The maximum atomic E-state index is 11.9. The molecule has 0 bridgehead atoms. The molecule has 0 heterocycles. The molecule has 0 aliphatic heterocycles. The molecule has 0 spiro atoms. The van der Waals surface area contributed by atoms with Crippen molar-refractivity contribution in [2.24, 2.45) is 5.92 Å². The molecule has 0 saturated heterocycles. The van der Waals surface area contributed by atoms with E-state index >= 15 is 0 Å². The Morgan fingerprint density at radius 1 is 1.53 bits per heavy atom. The fourth-order valence-corrected chi connectivity index (χ4v) is 1.99. The van der Waals surface area contributed by atoms with E-state index in [2.05, 4.69) is 5.32 Å². The zero-order chi connectivity index (χ0) is 14.3.